The Balaban J connectivity index is 2.22. The van der Waals surface area contributed by atoms with E-state index in [2.05, 4.69) is 10.6 Å². The summed E-state index contributed by atoms with van der Waals surface area (Å²) in [7, 11) is 0. The van der Waals surface area contributed by atoms with Crippen molar-refractivity contribution in [2.24, 2.45) is 5.41 Å². The highest BCUT2D eigenvalue weighted by Crippen LogP contribution is 2.31. The maximum Gasteiger partial charge on any atom is 0.416 e. The number of ether oxygens (including phenoxy) is 1. The minimum absolute atomic E-state index is 0.101. The lowest BCUT2D eigenvalue weighted by atomic mass is 9.95. The smallest absolute Gasteiger partial charge is 0.416 e. The third-order valence-electron chi connectivity index (χ3n) is 4.41. The van der Waals surface area contributed by atoms with Gasteiger partial charge in [-0.1, -0.05) is 57.2 Å². The molecule has 6 nitrogen and oxygen atoms in total. The fraction of sp³-hybridized carbons (Fsp3) is 0.348. The molecule has 0 saturated carbocycles. The Bertz CT molecular complexity index is 969. The second-order valence-electron chi connectivity index (χ2n) is 8.24. The first-order valence-corrected chi connectivity index (χ1v) is 9.83. The van der Waals surface area contributed by atoms with Gasteiger partial charge in [-0.05, 0) is 25.1 Å². The number of alkyl halides is 3. The summed E-state index contributed by atoms with van der Waals surface area (Å²) in [6.07, 6.45) is -6.01. The van der Waals surface area contributed by atoms with E-state index in [1.54, 1.807) is 51.1 Å². The number of esters is 1. The summed E-state index contributed by atoms with van der Waals surface area (Å²) >= 11 is 0. The van der Waals surface area contributed by atoms with Crippen LogP contribution in [0.5, 0.6) is 0 Å². The van der Waals surface area contributed by atoms with E-state index in [0.717, 1.165) is 18.2 Å². The Morgan fingerprint density at radius 1 is 0.938 bits per heavy atom. The molecule has 0 bridgehead atoms. The number of halogens is 3. The number of hydrogen-bond donors (Lipinski definition) is 2. The van der Waals surface area contributed by atoms with Gasteiger partial charge in [-0.3, -0.25) is 9.59 Å². The molecule has 9 heteroatoms. The molecule has 0 saturated heterocycles. The van der Waals surface area contributed by atoms with Crippen molar-refractivity contribution >= 4 is 23.5 Å². The highest BCUT2D eigenvalue weighted by atomic mass is 19.4. The van der Waals surface area contributed by atoms with Crippen LogP contribution in [0.15, 0.2) is 54.6 Å². The molecule has 32 heavy (non-hydrogen) atoms. The monoisotopic (exact) mass is 450 g/mol. The third kappa shape index (κ3) is 6.83. The van der Waals surface area contributed by atoms with Gasteiger partial charge in [-0.15, -0.1) is 0 Å². The Hall–Kier alpha value is -3.36. The van der Waals surface area contributed by atoms with Crippen molar-refractivity contribution in [1.82, 2.24) is 5.32 Å². The van der Waals surface area contributed by atoms with E-state index >= 15 is 0 Å². The third-order valence-corrected chi connectivity index (χ3v) is 4.41. The Morgan fingerprint density at radius 2 is 1.56 bits per heavy atom. The molecule has 2 atom stereocenters. The van der Waals surface area contributed by atoms with Gasteiger partial charge in [0.05, 0.1) is 5.56 Å². The van der Waals surface area contributed by atoms with Crippen molar-refractivity contribution in [3.63, 3.8) is 0 Å². The van der Waals surface area contributed by atoms with E-state index in [1.165, 1.54) is 13.0 Å². The van der Waals surface area contributed by atoms with Gasteiger partial charge in [0.1, 0.15) is 6.04 Å². The zero-order valence-corrected chi connectivity index (χ0v) is 18.1. The molecular weight excluding hydrogens is 425 g/mol. The number of benzene rings is 2. The van der Waals surface area contributed by atoms with Gasteiger partial charge in [0.2, 0.25) is 12.0 Å². The summed E-state index contributed by atoms with van der Waals surface area (Å²) in [4.78, 5) is 37.6. The molecule has 2 aromatic rings. The van der Waals surface area contributed by atoms with Gasteiger partial charge >= 0.3 is 12.1 Å². The summed E-state index contributed by atoms with van der Waals surface area (Å²) in [6.45, 7) is 6.44. The van der Waals surface area contributed by atoms with Crippen LogP contribution in [0.4, 0.5) is 18.9 Å². The van der Waals surface area contributed by atoms with Gasteiger partial charge in [0.25, 0.3) is 5.91 Å². The molecule has 0 unspecified atom stereocenters. The van der Waals surface area contributed by atoms with Crippen LogP contribution in [0.1, 0.15) is 44.9 Å². The molecule has 2 amide bonds. The number of hydrogen-bond acceptors (Lipinski definition) is 4. The highest BCUT2D eigenvalue weighted by Gasteiger charge is 2.32. The second-order valence-corrected chi connectivity index (χ2v) is 8.24. The zero-order valence-electron chi connectivity index (χ0n) is 18.1. The fourth-order valence-corrected chi connectivity index (χ4v) is 2.57. The van der Waals surface area contributed by atoms with Gasteiger partial charge < -0.3 is 15.4 Å². The Labute approximate surface area is 184 Å². The molecule has 0 aliphatic heterocycles. The molecule has 0 heterocycles. The predicted molar refractivity (Wildman–Crippen MR) is 112 cm³/mol. The number of carbonyl (C=O) groups excluding carboxylic acids is 3. The lowest BCUT2D eigenvalue weighted by Gasteiger charge is -2.23. The predicted octanol–water partition coefficient (Wildman–Crippen LogP) is 4.48. The first kappa shape index (κ1) is 24.9. The molecule has 2 rings (SSSR count). The van der Waals surface area contributed by atoms with Crippen LogP contribution >= 0.6 is 0 Å². The van der Waals surface area contributed by atoms with Crippen LogP contribution in [-0.4, -0.2) is 23.8 Å². The van der Waals surface area contributed by atoms with Crippen LogP contribution in [0.2, 0.25) is 0 Å². The van der Waals surface area contributed by atoms with Gasteiger partial charge in [0.15, 0.2) is 0 Å². The van der Waals surface area contributed by atoms with Crippen molar-refractivity contribution < 1.29 is 32.3 Å². The normalized spacial score (nSPS) is 13.6. The first-order chi connectivity index (χ1) is 14.8. The minimum Gasteiger partial charge on any atom is -0.446 e. The molecule has 0 radical (unpaired) electrons. The summed E-state index contributed by atoms with van der Waals surface area (Å²) in [5.41, 5.74) is -1.45. The lowest BCUT2D eigenvalue weighted by molar-refractivity contribution is -0.157. The van der Waals surface area contributed by atoms with E-state index < -0.39 is 41.2 Å². The van der Waals surface area contributed by atoms with E-state index in [1.807, 2.05) is 0 Å². The van der Waals surface area contributed by atoms with Crippen molar-refractivity contribution in [3.8, 4) is 0 Å². The van der Waals surface area contributed by atoms with Crippen molar-refractivity contribution in [2.75, 3.05) is 5.32 Å². The van der Waals surface area contributed by atoms with E-state index in [-0.39, 0.29) is 11.6 Å². The van der Waals surface area contributed by atoms with Crippen molar-refractivity contribution in [2.45, 2.75) is 46.0 Å². The Morgan fingerprint density at radius 3 is 2.12 bits per heavy atom. The molecule has 0 spiro atoms. The SMILES string of the molecule is C[C@@H](NC(=O)C(C)(C)C)C(=O)O[C@H](C(=O)Nc1cccc(C(F)(F)F)c1)c1ccccc1. The fourth-order valence-electron chi connectivity index (χ4n) is 2.57. The van der Waals surface area contributed by atoms with E-state index in [4.69, 9.17) is 4.74 Å². The summed E-state index contributed by atoms with van der Waals surface area (Å²) < 4.78 is 44.2. The van der Waals surface area contributed by atoms with E-state index in [0.29, 0.717) is 5.56 Å². The number of nitrogens with one attached hydrogen (secondary N) is 2. The van der Waals surface area contributed by atoms with Crippen LogP contribution < -0.4 is 10.6 Å². The maximum absolute atomic E-state index is 13.0. The van der Waals surface area contributed by atoms with Crippen LogP contribution in [-0.2, 0) is 25.3 Å². The van der Waals surface area contributed by atoms with Crippen LogP contribution in [0.3, 0.4) is 0 Å². The molecule has 2 aromatic carbocycles. The maximum atomic E-state index is 13.0. The van der Waals surface area contributed by atoms with Crippen LogP contribution in [0, 0.1) is 5.41 Å². The molecule has 0 aromatic heterocycles. The van der Waals surface area contributed by atoms with E-state index in [9.17, 15) is 27.6 Å². The molecule has 0 aliphatic rings. The van der Waals surface area contributed by atoms with Crippen LogP contribution in [0.25, 0.3) is 0 Å². The Kier molecular flexibility index (Phi) is 7.66. The molecule has 2 N–H and O–H groups in total. The quantitative estimate of drug-likeness (QED) is 0.636. The van der Waals surface area contributed by atoms with Gasteiger partial charge in [0, 0.05) is 16.7 Å². The first-order valence-electron chi connectivity index (χ1n) is 9.83. The number of amides is 2. The molecular formula is C23H25F3N2O4. The minimum atomic E-state index is -4.58. The molecule has 172 valence electrons. The summed E-state index contributed by atoms with van der Waals surface area (Å²) in [6, 6.07) is 11.1. The molecule has 0 fully saturated rings. The van der Waals surface area contributed by atoms with Gasteiger partial charge in [-0.25, -0.2) is 4.79 Å². The standard InChI is InChI=1S/C23H25F3N2O4/c1-14(27-21(31)22(2,3)4)20(30)32-18(15-9-6-5-7-10-15)19(29)28-17-12-8-11-16(13-17)23(24,25)26/h5-14,18H,1-4H3,(H,27,31)(H,28,29)/t14-,18+/m1/s1. The van der Waals surface area contributed by atoms with Crippen molar-refractivity contribution in [3.05, 3.63) is 65.7 Å². The van der Waals surface area contributed by atoms with Gasteiger partial charge in [-0.2, -0.15) is 13.2 Å². The lowest BCUT2D eigenvalue weighted by Crippen LogP contribution is -2.45. The number of rotatable bonds is 6. The number of anilines is 1. The highest BCUT2D eigenvalue weighted by molar-refractivity contribution is 5.96. The second kappa shape index (κ2) is 9.84. The average Bonchev–Trinajstić information content (AvgIpc) is 2.71. The number of carbonyl (C=O) groups is 3. The topological polar surface area (TPSA) is 84.5 Å². The molecule has 0 aliphatic carbocycles. The average molecular weight is 450 g/mol. The van der Waals surface area contributed by atoms with Crippen molar-refractivity contribution in [1.29, 1.82) is 0 Å². The summed E-state index contributed by atoms with van der Waals surface area (Å²) in [5.74, 6) is -2.08. The summed E-state index contributed by atoms with van der Waals surface area (Å²) in [5, 5.41) is 4.88. The largest absolute Gasteiger partial charge is 0.446 e. The zero-order chi connectivity index (χ0) is 24.1.